The van der Waals surface area contributed by atoms with Crippen molar-refractivity contribution in [3.05, 3.63) is 59.9 Å². The van der Waals surface area contributed by atoms with Gasteiger partial charge in [-0.05, 0) is 43.0 Å². The molecule has 32 heavy (non-hydrogen) atoms. The number of hydrogen-bond acceptors (Lipinski definition) is 6. The van der Waals surface area contributed by atoms with Crippen LogP contribution in [0, 0.1) is 5.92 Å². The van der Waals surface area contributed by atoms with Gasteiger partial charge >= 0.3 is 6.18 Å². The van der Waals surface area contributed by atoms with Crippen molar-refractivity contribution >= 4 is 5.91 Å². The third kappa shape index (κ3) is 8.18. The molecular weight excluding hydrogens is 425 g/mol. The van der Waals surface area contributed by atoms with E-state index in [-0.39, 0.29) is 18.6 Å². The maximum atomic E-state index is 12.4. The van der Waals surface area contributed by atoms with Gasteiger partial charge < -0.3 is 25.5 Å². The van der Waals surface area contributed by atoms with Crippen LogP contribution in [0.4, 0.5) is 13.2 Å². The Bertz CT molecular complexity index is 763. The Kier molecular flexibility index (Phi) is 10.0. The molecule has 0 bridgehead atoms. The lowest BCUT2D eigenvalue weighted by atomic mass is 9.97. The van der Waals surface area contributed by atoms with Crippen LogP contribution in [0.3, 0.4) is 0 Å². The molecule has 3 rings (SSSR count). The molecule has 0 aliphatic carbocycles. The predicted octanol–water partition coefficient (Wildman–Crippen LogP) is 2.69. The molecule has 178 valence electrons. The van der Waals surface area contributed by atoms with Crippen LogP contribution in [0.2, 0.25) is 0 Å². The third-order valence-electron chi connectivity index (χ3n) is 5.34. The van der Waals surface area contributed by atoms with Gasteiger partial charge in [-0.3, -0.25) is 10.6 Å². The summed E-state index contributed by atoms with van der Waals surface area (Å²) >= 11 is 0. The van der Waals surface area contributed by atoms with E-state index in [0.717, 1.165) is 50.3 Å². The van der Waals surface area contributed by atoms with E-state index in [1.165, 1.54) is 18.2 Å². The summed E-state index contributed by atoms with van der Waals surface area (Å²) in [6, 6.07) is 4.90. The Labute approximate surface area is 186 Å². The molecule has 7 nitrogen and oxygen atoms in total. The molecule has 0 radical (unpaired) electrons. The standard InChI is InChI=1S/C15H16F3NO2.C7H15N3O/c1-2-14(20)19-8-7-13(9-19)21-10-11-3-5-12(6-4-11)15(16,17)18;8-7(5-10-9)6-1-3-11-4-2-6/h2-6,13H,1,7-10H2;5-6,10H,1-4,8-9H2/b;7-5-. The fourth-order valence-electron chi connectivity index (χ4n) is 3.44. The fraction of sp³-hybridized carbons (Fsp3) is 0.500. The van der Waals surface area contributed by atoms with Gasteiger partial charge in [-0.1, -0.05) is 18.7 Å². The van der Waals surface area contributed by atoms with Gasteiger partial charge in [0.2, 0.25) is 5.91 Å². The second-order valence-corrected chi connectivity index (χ2v) is 7.60. The molecule has 0 saturated carbocycles. The molecule has 2 aliphatic rings. The van der Waals surface area contributed by atoms with Gasteiger partial charge in [0.25, 0.3) is 0 Å². The van der Waals surface area contributed by atoms with E-state index < -0.39 is 11.7 Å². The highest BCUT2D eigenvalue weighted by Crippen LogP contribution is 2.29. The second-order valence-electron chi connectivity index (χ2n) is 7.60. The van der Waals surface area contributed by atoms with Crippen LogP contribution in [-0.4, -0.2) is 43.2 Å². The van der Waals surface area contributed by atoms with Crippen LogP contribution in [-0.2, 0) is 27.1 Å². The lowest BCUT2D eigenvalue weighted by molar-refractivity contribution is -0.137. The summed E-state index contributed by atoms with van der Waals surface area (Å²) in [5, 5.41) is 0. The first-order chi connectivity index (χ1) is 15.2. The highest BCUT2D eigenvalue weighted by atomic mass is 19.4. The van der Waals surface area contributed by atoms with E-state index in [2.05, 4.69) is 12.0 Å². The molecule has 10 heteroatoms. The summed E-state index contributed by atoms with van der Waals surface area (Å²) in [5.41, 5.74) is 8.99. The van der Waals surface area contributed by atoms with Crippen molar-refractivity contribution in [1.82, 2.24) is 10.3 Å². The average molecular weight is 457 g/mol. The first-order valence-electron chi connectivity index (χ1n) is 10.4. The van der Waals surface area contributed by atoms with Crippen molar-refractivity contribution in [2.75, 3.05) is 26.3 Å². The molecule has 1 aromatic rings. The van der Waals surface area contributed by atoms with E-state index in [9.17, 15) is 18.0 Å². The molecule has 0 aromatic heterocycles. The maximum absolute atomic E-state index is 12.4. The van der Waals surface area contributed by atoms with Gasteiger partial charge in [-0.25, -0.2) is 0 Å². The summed E-state index contributed by atoms with van der Waals surface area (Å²) in [7, 11) is 0. The van der Waals surface area contributed by atoms with E-state index >= 15 is 0 Å². The molecule has 2 aliphatic heterocycles. The molecule has 1 amide bonds. The normalized spacial score (nSPS) is 19.8. The van der Waals surface area contributed by atoms with Crippen molar-refractivity contribution in [2.24, 2.45) is 17.5 Å². The zero-order valence-electron chi connectivity index (χ0n) is 17.9. The zero-order valence-corrected chi connectivity index (χ0v) is 17.9. The monoisotopic (exact) mass is 456 g/mol. The van der Waals surface area contributed by atoms with Gasteiger partial charge in [-0.15, -0.1) is 0 Å². The molecule has 2 heterocycles. The molecule has 5 N–H and O–H groups in total. The molecule has 2 fully saturated rings. The van der Waals surface area contributed by atoms with Crippen LogP contribution in [0.15, 0.2) is 48.8 Å². The Hall–Kier alpha value is -2.56. The van der Waals surface area contributed by atoms with Gasteiger partial charge in [0.15, 0.2) is 0 Å². The van der Waals surface area contributed by atoms with Gasteiger partial charge in [0.1, 0.15) is 0 Å². The number of carbonyl (C=O) groups excluding carboxylic acids is 1. The maximum Gasteiger partial charge on any atom is 0.416 e. The minimum absolute atomic E-state index is 0.0869. The Morgan fingerprint density at radius 2 is 1.91 bits per heavy atom. The van der Waals surface area contributed by atoms with Gasteiger partial charge in [0, 0.05) is 44.1 Å². The predicted molar refractivity (Wildman–Crippen MR) is 115 cm³/mol. The smallest absolute Gasteiger partial charge is 0.401 e. The lowest BCUT2D eigenvalue weighted by Gasteiger charge is -2.22. The number of nitrogens with zero attached hydrogens (tertiary/aromatic N) is 1. The van der Waals surface area contributed by atoms with Crippen molar-refractivity contribution < 1.29 is 27.4 Å². The molecule has 2 saturated heterocycles. The number of hydrazine groups is 1. The second kappa shape index (κ2) is 12.5. The highest BCUT2D eigenvalue weighted by molar-refractivity contribution is 5.87. The number of rotatable bonds is 6. The number of hydrogen-bond donors (Lipinski definition) is 3. The molecule has 1 unspecified atom stereocenters. The van der Waals surface area contributed by atoms with Crippen LogP contribution in [0.1, 0.15) is 30.4 Å². The van der Waals surface area contributed by atoms with Gasteiger partial charge in [-0.2, -0.15) is 13.2 Å². The number of carbonyl (C=O) groups is 1. The van der Waals surface area contributed by atoms with E-state index in [0.29, 0.717) is 24.6 Å². The Morgan fingerprint density at radius 3 is 2.47 bits per heavy atom. The molecule has 1 atom stereocenters. The Morgan fingerprint density at radius 1 is 1.25 bits per heavy atom. The Balaban J connectivity index is 0.000000278. The number of amides is 1. The topological polar surface area (TPSA) is 103 Å². The third-order valence-corrected chi connectivity index (χ3v) is 5.34. The average Bonchev–Trinajstić information content (AvgIpc) is 3.27. The van der Waals surface area contributed by atoms with Gasteiger partial charge in [0.05, 0.1) is 18.3 Å². The first kappa shape index (κ1) is 25.7. The summed E-state index contributed by atoms with van der Waals surface area (Å²) < 4.78 is 48.1. The number of nitrogens with two attached hydrogens (primary N) is 2. The highest BCUT2D eigenvalue weighted by Gasteiger charge is 2.30. The van der Waals surface area contributed by atoms with Crippen molar-refractivity contribution in [1.29, 1.82) is 0 Å². The van der Waals surface area contributed by atoms with Crippen molar-refractivity contribution in [3.8, 4) is 0 Å². The summed E-state index contributed by atoms with van der Waals surface area (Å²) in [6.45, 7) is 6.39. The number of alkyl halides is 3. The number of nitrogens with one attached hydrogen (secondary N) is 1. The van der Waals surface area contributed by atoms with Crippen molar-refractivity contribution in [2.45, 2.75) is 38.1 Å². The number of allylic oxidation sites excluding steroid dienone is 1. The van der Waals surface area contributed by atoms with E-state index in [1.54, 1.807) is 11.1 Å². The summed E-state index contributed by atoms with van der Waals surface area (Å²) in [4.78, 5) is 13.1. The van der Waals surface area contributed by atoms with Crippen molar-refractivity contribution in [3.63, 3.8) is 0 Å². The largest absolute Gasteiger partial charge is 0.416 e. The SMILES string of the molecule is C=CC(=O)N1CCC(OCc2ccc(C(F)(F)F)cc2)C1.NN/C=C(\N)C1CCOCC1. The number of likely N-dealkylation sites (tertiary alicyclic amines) is 1. The molecule has 0 spiro atoms. The quantitative estimate of drug-likeness (QED) is 0.346. The summed E-state index contributed by atoms with van der Waals surface area (Å²) in [5.74, 6) is 5.41. The fourth-order valence-corrected chi connectivity index (χ4v) is 3.44. The number of ether oxygens (including phenoxy) is 2. The van der Waals surface area contributed by atoms with Crippen LogP contribution >= 0.6 is 0 Å². The van der Waals surface area contributed by atoms with E-state index in [4.69, 9.17) is 21.1 Å². The first-order valence-corrected chi connectivity index (χ1v) is 10.4. The van der Waals surface area contributed by atoms with Crippen LogP contribution in [0.5, 0.6) is 0 Å². The van der Waals surface area contributed by atoms with Crippen LogP contribution in [0.25, 0.3) is 0 Å². The minimum Gasteiger partial charge on any atom is -0.401 e. The molecule has 1 aromatic carbocycles. The van der Waals surface area contributed by atoms with Crippen LogP contribution < -0.4 is 17.0 Å². The molecular formula is C22H31F3N4O3. The number of benzene rings is 1. The minimum atomic E-state index is -4.32. The lowest BCUT2D eigenvalue weighted by Crippen LogP contribution is -2.28. The van der Waals surface area contributed by atoms with E-state index in [1.807, 2.05) is 0 Å². The summed E-state index contributed by atoms with van der Waals surface area (Å²) in [6.07, 6.45) is 1.23. The zero-order chi connectivity index (χ0) is 23.6. The number of halogens is 3.